The zero-order valence-corrected chi connectivity index (χ0v) is 14.3. The van der Waals surface area contributed by atoms with E-state index in [0.29, 0.717) is 16.9 Å². The van der Waals surface area contributed by atoms with Crippen molar-refractivity contribution in [3.63, 3.8) is 0 Å². The van der Waals surface area contributed by atoms with Gasteiger partial charge in [-0.15, -0.1) is 0 Å². The summed E-state index contributed by atoms with van der Waals surface area (Å²) in [5, 5.41) is 3.97. The van der Waals surface area contributed by atoms with Gasteiger partial charge >= 0.3 is 6.09 Å². The van der Waals surface area contributed by atoms with Gasteiger partial charge in [0.15, 0.2) is 11.5 Å². The zero-order valence-electron chi connectivity index (χ0n) is 13.6. The molecule has 0 radical (unpaired) electrons. The summed E-state index contributed by atoms with van der Waals surface area (Å²) in [6.07, 6.45) is 0.672. The number of nitrogens with one attached hydrogen (secondary N) is 1. The molecule has 0 aliphatic rings. The van der Waals surface area contributed by atoms with Gasteiger partial charge in [0.05, 0.1) is 25.5 Å². The van der Waals surface area contributed by atoms with Crippen LogP contribution in [-0.2, 0) is 11.3 Å². The number of methoxy groups -OCH3 is 2. The number of ether oxygens (including phenoxy) is 3. The summed E-state index contributed by atoms with van der Waals surface area (Å²) in [4.78, 5) is 10.9. The van der Waals surface area contributed by atoms with Crippen molar-refractivity contribution in [1.29, 1.82) is 0 Å². The van der Waals surface area contributed by atoms with E-state index in [2.05, 4.69) is 15.3 Å². The molecule has 0 saturated carbocycles. The predicted molar refractivity (Wildman–Crippen MR) is 91.9 cm³/mol. The standard InChI is InChI=1S/C17H16ClFN2O4/c1-23-15-8-11(9-20-21-17(22)24-2)7-13(18)16(15)25-10-12-5-3-4-6-14(12)19/h3-9H,10H2,1-2H3,(H,21,22)/b20-9-. The largest absolute Gasteiger partial charge is 0.493 e. The number of nitrogens with zero attached hydrogens (tertiary/aromatic N) is 1. The van der Waals surface area contributed by atoms with Gasteiger partial charge in [-0.3, -0.25) is 0 Å². The van der Waals surface area contributed by atoms with E-state index >= 15 is 0 Å². The second kappa shape index (κ2) is 8.89. The number of hydrazone groups is 1. The zero-order chi connectivity index (χ0) is 18.2. The Balaban J connectivity index is 2.16. The first kappa shape index (κ1) is 18.5. The Labute approximate surface area is 149 Å². The lowest BCUT2D eigenvalue weighted by molar-refractivity contribution is 0.171. The van der Waals surface area contributed by atoms with Crippen LogP contribution in [-0.4, -0.2) is 26.5 Å². The van der Waals surface area contributed by atoms with Crippen molar-refractivity contribution in [2.45, 2.75) is 6.61 Å². The minimum absolute atomic E-state index is 0.0000848. The SMILES string of the molecule is COC(=O)N/N=C\c1cc(Cl)c(OCc2ccccc2F)c(OC)c1. The molecule has 0 aliphatic carbocycles. The maximum atomic E-state index is 13.7. The number of carbonyl (C=O) groups excluding carboxylic acids is 1. The highest BCUT2D eigenvalue weighted by Crippen LogP contribution is 2.36. The second-order valence-corrected chi connectivity index (χ2v) is 5.18. The Bertz CT molecular complexity index is 783. The molecule has 0 spiro atoms. The van der Waals surface area contributed by atoms with E-state index in [9.17, 15) is 9.18 Å². The quantitative estimate of drug-likeness (QED) is 0.624. The molecule has 2 rings (SSSR count). The normalized spacial score (nSPS) is 10.6. The van der Waals surface area contributed by atoms with Gasteiger partial charge in [0, 0.05) is 5.56 Å². The van der Waals surface area contributed by atoms with E-state index in [1.165, 1.54) is 26.5 Å². The number of amides is 1. The van der Waals surface area contributed by atoms with Gasteiger partial charge in [0.1, 0.15) is 12.4 Å². The van der Waals surface area contributed by atoms with Crippen molar-refractivity contribution in [2.24, 2.45) is 5.10 Å². The van der Waals surface area contributed by atoms with E-state index in [1.807, 2.05) is 0 Å². The topological polar surface area (TPSA) is 69.2 Å². The number of rotatable bonds is 6. The van der Waals surface area contributed by atoms with Gasteiger partial charge in [-0.25, -0.2) is 14.6 Å². The van der Waals surface area contributed by atoms with Crippen molar-refractivity contribution in [3.05, 3.63) is 58.4 Å². The molecule has 1 N–H and O–H groups in total. The Morgan fingerprint density at radius 2 is 2.08 bits per heavy atom. The van der Waals surface area contributed by atoms with Gasteiger partial charge in [-0.1, -0.05) is 29.8 Å². The lowest BCUT2D eigenvalue weighted by Gasteiger charge is -2.13. The summed E-state index contributed by atoms with van der Waals surface area (Å²) in [5.41, 5.74) is 3.12. The average molecular weight is 367 g/mol. The van der Waals surface area contributed by atoms with Crippen molar-refractivity contribution < 1.29 is 23.4 Å². The van der Waals surface area contributed by atoms with Crippen molar-refractivity contribution >= 4 is 23.9 Å². The number of hydrogen-bond donors (Lipinski definition) is 1. The summed E-state index contributed by atoms with van der Waals surface area (Å²) < 4.78 is 28.9. The summed E-state index contributed by atoms with van der Waals surface area (Å²) in [6.45, 7) is 0.0000848. The van der Waals surface area contributed by atoms with Crippen LogP contribution >= 0.6 is 11.6 Å². The van der Waals surface area contributed by atoms with Crippen LogP contribution < -0.4 is 14.9 Å². The highest BCUT2D eigenvalue weighted by molar-refractivity contribution is 6.32. The fourth-order valence-corrected chi connectivity index (χ4v) is 2.20. The molecule has 0 aromatic heterocycles. The summed E-state index contributed by atoms with van der Waals surface area (Å²) in [6, 6.07) is 9.48. The monoisotopic (exact) mass is 366 g/mol. The second-order valence-electron chi connectivity index (χ2n) is 4.78. The Hall–Kier alpha value is -2.80. The molecule has 0 aliphatic heterocycles. The molecule has 25 heavy (non-hydrogen) atoms. The third-order valence-electron chi connectivity index (χ3n) is 3.14. The molecule has 0 atom stereocenters. The smallest absolute Gasteiger partial charge is 0.427 e. The third-order valence-corrected chi connectivity index (χ3v) is 3.42. The van der Waals surface area contributed by atoms with Gasteiger partial charge in [0.2, 0.25) is 0 Å². The van der Waals surface area contributed by atoms with Crippen molar-refractivity contribution in [3.8, 4) is 11.5 Å². The van der Waals surface area contributed by atoms with Crippen LogP contribution in [0.1, 0.15) is 11.1 Å². The maximum absolute atomic E-state index is 13.7. The van der Waals surface area contributed by atoms with Crippen LogP contribution in [0.2, 0.25) is 5.02 Å². The Morgan fingerprint density at radius 3 is 2.76 bits per heavy atom. The molecule has 0 heterocycles. The first-order chi connectivity index (χ1) is 12.0. The van der Waals surface area contributed by atoms with Crippen LogP contribution in [0.4, 0.5) is 9.18 Å². The summed E-state index contributed by atoms with van der Waals surface area (Å²) >= 11 is 6.22. The Morgan fingerprint density at radius 1 is 1.32 bits per heavy atom. The number of carbonyl (C=O) groups is 1. The van der Waals surface area contributed by atoms with Gasteiger partial charge in [0.25, 0.3) is 0 Å². The number of hydrogen-bond acceptors (Lipinski definition) is 5. The molecule has 2 aromatic rings. The van der Waals surface area contributed by atoms with E-state index in [4.69, 9.17) is 21.1 Å². The molecule has 1 amide bonds. The van der Waals surface area contributed by atoms with Crippen LogP contribution in [0.3, 0.4) is 0 Å². The van der Waals surface area contributed by atoms with Crippen molar-refractivity contribution in [2.75, 3.05) is 14.2 Å². The molecule has 0 fully saturated rings. The highest BCUT2D eigenvalue weighted by atomic mass is 35.5. The first-order valence-corrected chi connectivity index (χ1v) is 7.53. The van der Waals surface area contributed by atoms with Crippen LogP contribution in [0.5, 0.6) is 11.5 Å². The maximum Gasteiger partial charge on any atom is 0.427 e. The minimum atomic E-state index is -0.695. The van der Waals surface area contributed by atoms with Crippen LogP contribution in [0, 0.1) is 5.82 Å². The number of benzene rings is 2. The molecule has 8 heteroatoms. The summed E-state index contributed by atoms with van der Waals surface area (Å²) in [5.74, 6) is 0.268. The van der Waals surface area contributed by atoms with Gasteiger partial charge in [-0.2, -0.15) is 5.10 Å². The van der Waals surface area contributed by atoms with E-state index in [1.54, 1.807) is 30.3 Å². The third kappa shape index (κ3) is 5.09. The number of halogens is 2. The van der Waals surface area contributed by atoms with Crippen molar-refractivity contribution in [1.82, 2.24) is 5.43 Å². The molecule has 6 nitrogen and oxygen atoms in total. The molecule has 0 bridgehead atoms. The fourth-order valence-electron chi connectivity index (χ4n) is 1.92. The van der Waals surface area contributed by atoms with Gasteiger partial charge in [-0.05, 0) is 23.8 Å². The molecular formula is C17H16ClFN2O4. The Kier molecular flexibility index (Phi) is 6.59. The van der Waals surface area contributed by atoms with E-state index in [-0.39, 0.29) is 23.2 Å². The lowest BCUT2D eigenvalue weighted by Crippen LogP contribution is -2.16. The molecule has 2 aromatic carbocycles. The van der Waals surface area contributed by atoms with E-state index in [0.717, 1.165) is 0 Å². The van der Waals surface area contributed by atoms with E-state index < -0.39 is 6.09 Å². The average Bonchev–Trinajstić information content (AvgIpc) is 2.61. The molecular weight excluding hydrogens is 351 g/mol. The van der Waals surface area contributed by atoms with Crippen LogP contribution in [0.15, 0.2) is 41.5 Å². The minimum Gasteiger partial charge on any atom is -0.493 e. The molecule has 0 unspecified atom stereocenters. The molecule has 0 saturated heterocycles. The predicted octanol–water partition coefficient (Wildman–Crippen LogP) is 3.76. The highest BCUT2D eigenvalue weighted by Gasteiger charge is 2.13. The lowest BCUT2D eigenvalue weighted by atomic mass is 10.2. The van der Waals surface area contributed by atoms with Crippen LogP contribution in [0.25, 0.3) is 0 Å². The fraction of sp³-hybridized carbons (Fsp3) is 0.176. The summed E-state index contributed by atoms with van der Waals surface area (Å²) in [7, 11) is 2.68. The van der Waals surface area contributed by atoms with Gasteiger partial charge < -0.3 is 14.2 Å². The molecule has 132 valence electrons. The first-order valence-electron chi connectivity index (χ1n) is 7.16.